The summed E-state index contributed by atoms with van der Waals surface area (Å²) in [4.78, 5) is 22.8. The Morgan fingerprint density at radius 2 is 1.91 bits per heavy atom. The van der Waals surface area contributed by atoms with Crippen molar-refractivity contribution in [3.05, 3.63) is 57.5 Å². The molecule has 7 nitrogen and oxygen atoms in total. The van der Waals surface area contributed by atoms with Gasteiger partial charge in [-0.3, -0.25) is 4.79 Å². The first-order valence-electron chi connectivity index (χ1n) is 6.88. The fourth-order valence-corrected chi connectivity index (χ4v) is 2.29. The lowest BCUT2D eigenvalue weighted by molar-refractivity contribution is -0.689. The monoisotopic (exact) mass is 383 g/mol. The van der Waals surface area contributed by atoms with Gasteiger partial charge in [-0.2, -0.15) is 4.57 Å². The predicted octanol–water partition coefficient (Wildman–Crippen LogP) is -1.82. The van der Waals surface area contributed by atoms with Crippen LogP contribution in [0.2, 0.25) is 0 Å². The van der Waals surface area contributed by atoms with Crippen LogP contribution in [-0.2, 0) is 13.1 Å². The van der Waals surface area contributed by atoms with E-state index in [1.165, 1.54) is 15.3 Å². The number of aryl methyl sites for hydroxylation is 1. The molecule has 0 saturated carbocycles. The smallest absolute Gasteiger partial charge is 0.365 e. The molecule has 0 aliphatic rings. The molecular formula is C15H18BrN3O4. The lowest BCUT2D eigenvalue weighted by Crippen LogP contribution is -3.00. The first kappa shape index (κ1) is 19.0. The number of hydrogen-bond donors (Lipinski definition) is 1. The summed E-state index contributed by atoms with van der Waals surface area (Å²) >= 11 is 0. The Morgan fingerprint density at radius 3 is 2.43 bits per heavy atom. The minimum Gasteiger partial charge on any atom is -1.00 e. The van der Waals surface area contributed by atoms with E-state index >= 15 is 0 Å². The van der Waals surface area contributed by atoms with Gasteiger partial charge in [-0.05, 0) is 11.8 Å². The molecular weight excluding hydrogens is 366 g/mol. The maximum atomic E-state index is 12.3. The van der Waals surface area contributed by atoms with E-state index in [4.69, 9.17) is 5.11 Å². The number of carbonyl (C=O) groups excluding carboxylic acids is 1. The summed E-state index contributed by atoms with van der Waals surface area (Å²) in [6.45, 7) is 3.56. The summed E-state index contributed by atoms with van der Waals surface area (Å²) in [6, 6.07) is 7.19. The number of hydrogen-bond acceptors (Lipinski definition) is 4. The second-order valence-corrected chi connectivity index (χ2v) is 5.08. The van der Waals surface area contributed by atoms with Crippen LogP contribution in [0, 0.1) is 24.0 Å². The Balaban J connectivity index is 0.00000264. The maximum Gasteiger partial charge on any atom is 0.365 e. The zero-order chi connectivity index (χ0) is 16.3. The number of carbonyl (C=O) groups is 1. The van der Waals surface area contributed by atoms with Gasteiger partial charge in [0.1, 0.15) is 6.54 Å². The highest BCUT2D eigenvalue weighted by molar-refractivity contribution is 5.95. The number of halogens is 1. The fraction of sp³-hybridized carbons (Fsp3) is 0.333. The molecule has 0 aliphatic heterocycles. The first-order valence-corrected chi connectivity index (χ1v) is 6.88. The number of rotatable bonds is 6. The standard InChI is InChI=1S/C15H18N3O4.BrH/c1-11-3-5-13(6-4-11)14(20)9-16-10-15(18(21)22)17(7-8-19)12(16)2;/h3-6,10,19H,7-9H2,1-2H3;1H/q+1;/p-1. The number of Topliss-reactive ketones (excluding diaryl/α,β-unsaturated/α-hetero) is 1. The van der Waals surface area contributed by atoms with E-state index in [0.717, 1.165) is 5.56 Å². The highest BCUT2D eigenvalue weighted by Crippen LogP contribution is 2.12. The van der Waals surface area contributed by atoms with Gasteiger partial charge in [-0.25, -0.2) is 4.57 Å². The summed E-state index contributed by atoms with van der Waals surface area (Å²) in [5.41, 5.74) is 1.63. The molecule has 1 N–H and O–H groups in total. The Hall–Kier alpha value is -2.06. The predicted molar refractivity (Wildman–Crippen MR) is 78.6 cm³/mol. The molecule has 0 bridgehead atoms. The number of ketones is 1. The van der Waals surface area contributed by atoms with Crippen LogP contribution in [-0.4, -0.2) is 27.0 Å². The Labute approximate surface area is 144 Å². The Kier molecular flexibility index (Phi) is 6.59. The third-order valence-corrected chi connectivity index (χ3v) is 3.55. The van der Waals surface area contributed by atoms with E-state index in [-0.39, 0.29) is 48.3 Å². The minimum atomic E-state index is -0.518. The molecule has 8 heteroatoms. The van der Waals surface area contributed by atoms with Gasteiger partial charge < -0.3 is 32.2 Å². The molecule has 1 heterocycles. The molecule has 124 valence electrons. The second-order valence-electron chi connectivity index (χ2n) is 5.08. The molecule has 1 aromatic carbocycles. The number of aromatic nitrogens is 2. The third kappa shape index (κ3) is 4.23. The van der Waals surface area contributed by atoms with Gasteiger partial charge in [0.05, 0.1) is 6.61 Å². The largest absolute Gasteiger partial charge is 1.00 e. The van der Waals surface area contributed by atoms with Gasteiger partial charge in [0.15, 0.2) is 12.7 Å². The van der Waals surface area contributed by atoms with Crippen LogP contribution >= 0.6 is 0 Å². The summed E-state index contributed by atoms with van der Waals surface area (Å²) in [6.07, 6.45) is 1.33. The number of nitro groups is 1. The number of aliphatic hydroxyl groups is 1. The van der Waals surface area contributed by atoms with Crippen LogP contribution in [0.4, 0.5) is 5.82 Å². The maximum absolute atomic E-state index is 12.3. The van der Waals surface area contributed by atoms with Crippen molar-refractivity contribution in [3.63, 3.8) is 0 Å². The van der Waals surface area contributed by atoms with Gasteiger partial charge >= 0.3 is 5.82 Å². The number of aliphatic hydroxyl groups excluding tert-OH is 1. The number of benzene rings is 1. The lowest BCUT2D eigenvalue weighted by Gasteiger charge is -2.01. The van der Waals surface area contributed by atoms with Crippen LogP contribution in [0.3, 0.4) is 0 Å². The molecule has 0 spiro atoms. The zero-order valence-corrected chi connectivity index (χ0v) is 14.5. The summed E-state index contributed by atoms with van der Waals surface area (Å²) < 4.78 is 2.93. The van der Waals surface area contributed by atoms with Crippen LogP contribution in [0.25, 0.3) is 0 Å². The van der Waals surface area contributed by atoms with Gasteiger partial charge in [-0.15, -0.1) is 0 Å². The van der Waals surface area contributed by atoms with Crippen LogP contribution < -0.4 is 21.5 Å². The molecule has 0 aliphatic carbocycles. The average molecular weight is 384 g/mol. The SMILES string of the molecule is Cc1ccc(C(=O)C[n+]2cc([N+](=O)[O-])n(CCO)c2C)cc1.[Br-]. The quantitative estimate of drug-likeness (QED) is 0.275. The van der Waals surface area contributed by atoms with Crippen LogP contribution in [0.1, 0.15) is 21.7 Å². The van der Waals surface area contributed by atoms with Crippen molar-refractivity contribution in [1.82, 2.24) is 4.57 Å². The molecule has 0 atom stereocenters. The molecule has 0 saturated heterocycles. The van der Waals surface area contributed by atoms with Crippen molar-refractivity contribution < 1.29 is 36.4 Å². The topological polar surface area (TPSA) is 89.3 Å². The van der Waals surface area contributed by atoms with Gasteiger partial charge in [-0.1, -0.05) is 29.8 Å². The summed E-state index contributed by atoms with van der Waals surface area (Å²) in [5.74, 6) is 0.300. The van der Waals surface area contributed by atoms with E-state index < -0.39 is 4.92 Å². The van der Waals surface area contributed by atoms with E-state index in [9.17, 15) is 14.9 Å². The van der Waals surface area contributed by atoms with E-state index in [2.05, 4.69) is 0 Å². The van der Waals surface area contributed by atoms with Crippen LogP contribution in [0.15, 0.2) is 30.5 Å². The molecule has 2 aromatic rings. The molecule has 1 aromatic heterocycles. The van der Waals surface area contributed by atoms with Gasteiger partial charge in [0.25, 0.3) is 5.82 Å². The Morgan fingerprint density at radius 1 is 1.30 bits per heavy atom. The van der Waals surface area contributed by atoms with E-state index in [1.54, 1.807) is 19.1 Å². The fourth-order valence-electron chi connectivity index (χ4n) is 2.29. The van der Waals surface area contributed by atoms with E-state index in [0.29, 0.717) is 11.4 Å². The normalized spacial score (nSPS) is 10.2. The van der Waals surface area contributed by atoms with Gasteiger partial charge in [0, 0.05) is 12.5 Å². The van der Waals surface area contributed by atoms with Crippen molar-refractivity contribution in [2.75, 3.05) is 6.61 Å². The minimum absolute atomic E-state index is 0. The number of nitrogens with zero attached hydrogens (tertiary/aromatic N) is 3. The third-order valence-electron chi connectivity index (χ3n) is 3.55. The van der Waals surface area contributed by atoms with Crippen molar-refractivity contribution in [2.45, 2.75) is 26.9 Å². The number of imidazole rings is 1. The Bertz CT molecular complexity index is 710. The van der Waals surface area contributed by atoms with Crippen molar-refractivity contribution in [1.29, 1.82) is 0 Å². The summed E-state index contributed by atoms with van der Waals surface area (Å²) in [7, 11) is 0. The van der Waals surface area contributed by atoms with Crippen molar-refractivity contribution in [2.24, 2.45) is 0 Å². The van der Waals surface area contributed by atoms with Crippen molar-refractivity contribution >= 4 is 11.6 Å². The van der Waals surface area contributed by atoms with Crippen molar-refractivity contribution in [3.8, 4) is 0 Å². The first-order chi connectivity index (χ1) is 10.4. The molecule has 0 radical (unpaired) electrons. The summed E-state index contributed by atoms with van der Waals surface area (Å²) in [5, 5.41) is 20.1. The zero-order valence-electron chi connectivity index (χ0n) is 12.9. The average Bonchev–Trinajstić information content (AvgIpc) is 2.78. The lowest BCUT2D eigenvalue weighted by atomic mass is 10.1. The van der Waals surface area contributed by atoms with Crippen LogP contribution in [0.5, 0.6) is 0 Å². The van der Waals surface area contributed by atoms with Gasteiger partial charge in [0.2, 0.25) is 5.78 Å². The van der Waals surface area contributed by atoms with E-state index in [1.807, 2.05) is 19.1 Å². The molecule has 2 rings (SSSR count). The molecule has 0 amide bonds. The molecule has 0 unspecified atom stereocenters. The highest BCUT2D eigenvalue weighted by Gasteiger charge is 2.25. The highest BCUT2D eigenvalue weighted by atomic mass is 79.9. The molecule has 23 heavy (non-hydrogen) atoms. The second kappa shape index (κ2) is 7.98. The molecule has 0 fully saturated rings.